The summed E-state index contributed by atoms with van der Waals surface area (Å²) in [5.41, 5.74) is 0.844. The molecule has 1 aromatic rings. The molecule has 0 aromatic heterocycles. The molecule has 0 radical (unpaired) electrons. The van der Waals surface area contributed by atoms with E-state index < -0.39 is 0 Å². The number of rotatable bonds is 8. The maximum absolute atomic E-state index is 12.6. The molecule has 132 valence electrons. The first kappa shape index (κ1) is 18.8. The standard InChI is InChI=1S/C18H27N3O2S/c1-4-15-18(23)21(14-9-7-8-10-16(14)24-15)13-17(22)19-11-12-20(5-2)6-3/h7-10,15H,4-6,11-13H2,1-3H3,(H,19,22). The molecule has 1 unspecified atom stereocenters. The third-order valence-corrected chi connectivity index (χ3v) is 5.70. The number of hydrogen-bond acceptors (Lipinski definition) is 4. The summed E-state index contributed by atoms with van der Waals surface area (Å²) < 4.78 is 0. The van der Waals surface area contributed by atoms with Gasteiger partial charge in [-0.1, -0.05) is 32.9 Å². The number of thioether (sulfide) groups is 1. The molecule has 0 bridgehead atoms. The molecule has 2 rings (SSSR count). The number of benzene rings is 1. The van der Waals surface area contributed by atoms with Crippen molar-refractivity contribution in [3.63, 3.8) is 0 Å². The summed E-state index contributed by atoms with van der Waals surface area (Å²) in [7, 11) is 0. The second-order valence-electron chi connectivity index (χ2n) is 5.78. The molecule has 0 spiro atoms. The Hall–Kier alpha value is -1.53. The molecule has 0 fully saturated rings. The number of nitrogens with one attached hydrogen (secondary N) is 1. The van der Waals surface area contributed by atoms with Gasteiger partial charge < -0.3 is 15.1 Å². The number of anilines is 1. The van der Waals surface area contributed by atoms with Gasteiger partial charge in [-0.3, -0.25) is 9.59 Å². The third-order valence-electron chi connectivity index (χ3n) is 4.28. The van der Waals surface area contributed by atoms with Crippen LogP contribution in [0.5, 0.6) is 0 Å². The molecule has 1 aromatic carbocycles. The first-order valence-electron chi connectivity index (χ1n) is 8.66. The van der Waals surface area contributed by atoms with Crippen LogP contribution in [0.15, 0.2) is 29.2 Å². The van der Waals surface area contributed by atoms with Crippen LogP contribution in [0.4, 0.5) is 5.69 Å². The van der Waals surface area contributed by atoms with Crippen molar-refractivity contribution in [1.82, 2.24) is 10.2 Å². The van der Waals surface area contributed by atoms with Crippen LogP contribution in [0.2, 0.25) is 0 Å². The third kappa shape index (κ3) is 4.51. The zero-order valence-corrected chi connectivity index (χ0v) is 15.6. The van der Waals surface area contributed by atoms with Gasteiger partial charge in [0.05, 0.1) is 10.9 Å². The Balaban J connectivity index is 1.99. The van der Waals surface area contributed by atoms with Crippen molar-refractivity contribution in [2.24, 2.45) is 0 Å². The molecule has 5 nitrogen and oxygen atoms in total. The Kier molecular flexibility index (Phi) is 7.12. The molecular weight excluding hydrogens is 322 g/mol. The van der Waals surface area contributed by atoms with Gasteiger partial charge in [0.15, 0.2) is 0 Å². The number of amides is 2. The molecule has 0 saturated heterocycles. The summed E-state index contributed by atoms with van der Waals surface area (Å²) in [6.45, 7) is 9.69. The van der Waals surface area contributed by atoms with E-state index in [-0.39, 0.29) is 23.6 Å². The van der Waals surface area contributed by atoms with Crippen molar-refractivity contribution in [1.29, 1.82) is 0 Å². The average Bonchev–Trinajstić information content (AvgIpc) is 2.61. The Morgan fingerprint density at radius 3 is 2.62 bits per heavy atom. The minimum absolute atomic E-state index is 0.0279. The fraction of sp³-hybridized carbons (Fsp3) is 0.556. The Morgan fingerprint density at radius 2 is 1.96 bits per heavy atom. The molecule has 2 amide bonds. The quantitative estimate of drug-likeness (QED) is 0.783. The molecule has 1 heterocycles. The van der Waals surface area contributed by atoms with Gasteiger partial charge in [-0.15, -0.1) is 11.8 Å². The summed E-state index contributed by atoms with van der Waals surface area (Å²) >= 11 is 1.59. The summed E-state index contributed by atoms with van der Waals surface area (Å²) in [4.78, 5) is 29.9. The number of para-hydroxylation sites is 1. The Morgan fingerprint density at radius 1 is 1.25 bits per heavy atom. The highest BCUT2D eigenvalue weighted by Crippen LogP contribution is 2.39. The predicted molar refractivity (Wildman–Crippen MR) is 99.5 cm³/mol. The second-order valence-corrected chi connectivity index (χ2v) is 7.03. The van der Waals surface area contributed by atoms with Crippen molar-refractivity contribution in [3.8, 4) is 0 Å². The zero-order valence-electron chi connectivity index (χ0n) is 14.7. The van der Waals surface area contributed by atoms with Gasteiger partial charge in [-0.25, -0.2) is 0 Å². The van der Waals surface area contributed by atoms with Crippen molar-refractivity contribution < 1.29 is 9.59 Å². The van der Waals surface area contributed by atoms with Crippen molar-refractivity contribution in [3.05, 3.63) is 24.3 Å². The van der Waals surface area contributed by atoms with E-state index in [0.29, 0.717) is 6.54 Å². The minimum atomic E-state index is -0.108. The van der Waals surface area contributed by atoms with Gasteiger partial charge in [0.2, 0.25) is 11.8 Å². The lowest BCUT2D eigenvalue weighted by atomic mass is 10.2. The first-order valence-corrected chi connectivity index (χ1v) is 9.54. The number of hydrogen-bond donors (Lipinski definition) is 1. The number of carbonyl (C=O) groups is 2. The van der Waals surface area contributed by atoms with E-state index in [2.05, 4.69) is 24.1 Å². The smallest absolute Gasteiger partial charge is 0.240 e. The SMILES string of the molecule is CCC1Sc2ccccc2N(CC(=O)NCCN(CC)CC)C1=O. The predicted octanol–water partition coefficient (Wildman–Crippen LogP) is 2.36. The van der Waals surface area contributed by atoms with Crippen LogP contribution in [0.25, 0.3) is 0 Å². The van der Waals surface area contributed by atoms with Crippen LogP contribution >= 0.6 is 11.8 Å². The lowest BCUT2D eigenvalue weighted by Crippen LogP contribution is -2.47. The number of nitrogens with zero attached hydrogens (tertiary/aromatic N) is 2. The molecule has 1 N–H and O–H groups in total. The van der Waals surface area contributed by atoms with E-state index >= 15 is 0 Å². The lowest BCUT2D eigenvalue weighted by molar-refractivity contribution is -0.123. The molecule has 1 atom stereocenters. The number of carbonyl (C=O) groups excluding carboxylic acids is 2. The maximum Gasteiger partial charge on any atom is 0.240 e. The highest BCUT2D eigenvalue weighted by Gasteiger charge is 2.33. The number of likely N-dealkylation sites (N-methyl/N-ethyl adjacent to an activating group) is 1. The van der Waals surface area contributed by atoms with Crippen LogP contribution in [-0.4, -0.2) is 54.7 Å². The van der Waals surface area contributed by atoms with Gasteiger partial charge in [0.25, 0.3) is 0 Å². The summed E-state index contributed by atoms with van der Waals surface area (Å²) in [5.74, 6) is -0.0767. The maximum atomic E-state index is 12.6. The normalized spacial score (nSPS) is 17.1. The molecule has 0 saturated carbocycles. The van der Waals surface area contributed by atoms with E-state index in [1.165, 1.54) is 0 Å². The van der Waals surface area contributed by atoms with Crippen molar-refractivity contribution in [2.75, 3.05) is 37.6 Å². The van der Waals surface area contributed by atoms with Crippen molar-refractivity contribution in [2.45, 2.75) is 37.3 Å². The van der Waals surface area contributed by atoms with Crippen LogP contribution in [0, 0.1) is 0 Å². The number of fused-ring (bicyclic) bond motifs is 1. The van der Waals surface area contributed by atoms with E-state index in [0.717, 1.165) is 36.6 Å². The highest BCUT2D eigenvalue weighted by molar-refractivity contribution is 8.01. The molecule has 0 aliphatic carbocycles. The van der Waals surface area contributed by atoms with Crippen LogP contribution < -0.4 is 10.2 Å². The summed E-state index contributed by atoms with van der Waals surface area (Å²) in [5, 5.41) is 2.82. The fourth-order valence-electron chi connectivity index (χ4n) is 2.79. The van der Waals surface area contributed by atoms with Crippen LogP contribution in [-0.2, 0) is 9.59 Å². The molecule has 24 heavy (non-hydrogen) atoms. The van der Waals surface area contributed by atoms with E-state index in [1.54, 1.807) is 16.7 Å². The molecule has 6 heteroatoms. The summed E-state index contributed by atoms with van der Waals surface area (Å²) in [6, 6.07) is 7.80. The van der Waals surface area contributed by atoms with E-state index in [1.807, 2.05) is 31.2 Å². The zero-order chi connectivity index (χ0) is 17.5. The Bertz CT molecular complexity index is 575. The molecule has 1 aliphatic rings. The van der Waals surface area contributed by atoms with Gasteiger partial charge >= 0.3 is 0 Å². The minimum Gasteiger partial charge on any atom is -0.353 e. The molecular formula is C18H27N3O2S. The molecule has 1 aliphatic heterocycles. The van der Waals surface area contributed by atoms with Gasteiger partial charge in [0, 0.05) is 18.0 Å². The van der Waals surface area contributed by atoms with Gasteiger partial charge in [-0.05, 0) is 31.6 Å². The first-order chi connectivity index (χ1) is 11.6. The van der Waals surface area contributed by atoms with Gasteiger partial charge in [-0.2, -0.15) is 0 Å². The van der Waals surface area contributed by atoms with E-state index in [9.17, 15) is 9.59 Å². The topological polar surface area (TPSA) is 52.7 Å². The Labute approximate surface area is 148 Å². The monoisotopic (exact) mass is 349 g/mol. The summed E-state index contributed by atoms with van der Waals surface area (Å²) in [6.07, 6.45) is 0.762. The van der Waals surface area contributed by atoms with Crippen LogP contribution in [0.1, 0.15) is 27.2 Å². The second kappa shape index (κ2) is 9.08. The fourth-order valence-corrected chi connectivity index (χ4v) is 3.95. The van der Waals surface area contributed by atoms with E-state index in [4.69, 9.17) is 0 Å². The lowest BCUT2D eigenvalue weighted by Gasteiger charge is -2.33. The van der Waals surface area contributed by atoms with Gasteiger partial charge in [0.1, 0.15) is 6.54 Å². The van der Waals surface area contributed by atoms with Crippen LogP contribution in [0.3, 0.4) is 0 Å². The highest BCUT2D eigenvalue weighted by atomic mass is 32.2. The largest absolute Gasteiger partial charge is 0.353 e. The average molecular weight is 350 g/mol. The van der Waals surface area contributed by atoms with Crippen molar-refractivity contribution >= 4 is 29.3 Å².